The van der Waals surface area contributed by atoms with Crippen LogP contribution in [0.15, 0.2) is 79.0 Å². The third-order valence-corrected chi connectivity index (χ3v) is 13.4. The Morgan fingerprint density at radius 3 is 2.03 bits per heavy atom. The third kappa shape index (κ3) is 4.32. The molecule has 1 N–H and O–H groups in total. The number of hydrogen-bond acceptors (Lipinski definition) is 3. The van der Waals surface area contributed by atoms with Crippen LogP contribution in [0.1, 0.15) is 47.2 Å². The molecule has 0 aliphatic carbocycles. The Morgan fingerprint density at radius 1 is 0.765 bits per heavy atom. The number of rotatable bonds is 5. The van der Waals surface area contributed by atoms with E-state index in [-0.39, 0.29) is 10.1 Å². The van der Waals surface area contributed by atoms with Crippen LogP contribution in [-0.2, 0) is 0 Å². The Labute approximate surface area is 204 Å². The zero-order valence-electron chi connectivity index (χ0n) is 21.3. The molecule has 0 saturated heterocycles. The van der Waals surface area contributed by atoms with E-state index in [1.54, 1.807) is 0 Å². The molecule has 0 saturated carbocycles. The number of nitrogens with one attached hydrogen (secondary N) is 1. The maximum absolute atomic E-state index is 6.41. The molecule has 4 nitrogen and oxygen atoms in total. The molecule has 2 aromatic carbocycles. The number of pyridine rings is 1. The standard InChI is InChI=1S/C29H35N3OSi/c1-21-18-26(32-31-21)22-12-10-13-23(19-22)33-24-14-11-15-25(20-24)34(28(2,3)4,29(5,6)7)27-16-8-9-17-30-27/h8-20H,1-7H3,(H,31,32). The topological polar surface area (TPSA) is 50.8 Å². The largest absolute Gasteiger partial charge is 0.457 e. The Morgan fingerprint density at radius 2 is 1.44 bits per heavy atom. The van der Waals surface area contributed by atoms with Crippen LogP contribution >= 0.6 is 0 Å². The monoisotopic (exact) mass is 469 g/mol. The zero-order chi connectivity index (χ0) is 24.6. The van der Waals surface area contributed by atoms with Crippen molar-refractivity contribution in [1.29, 1.82) is 0 Å². The van der Waals surface area contributed by atoms with Gasteiger partial charge in [-0.1, -0.05) is 71.9 Å². The molecule has 4 rings (SSSR count). The van der Waals surface area contributed by atoms with Gasteiger partial charge < -0.3 is 4.74 Å². The van der Waals surface area contributed by atoms with Crippen LogP contribution in [0, 0.1) is 6.92 Å². The van der Waals surface area contributed by atoms with Gasteiger partial charge in [-0.3, -0.25) is 10.1 Å². The van der Waals surface area contributed by atoms with Gasteiger partial charge in [0.05, 0.1) is 5.69 Å². The summed E-state index contributed by atoms with van der Waals surface area (Å²) in [7, 11) is -2.37. The normalized spacial score (nSPS) is 12.6. The van der Waals surface area contributed by atoms with E-state index >= 15 is 0 Å². The summed E-state index contributed by atoms with van der Waals surface area (Å²) in [6.07, 6.45) is 1.93. The summed E-state index contributed by atoms with van der Waals surface area (Å²) < 4.78 is 6.41. The van der Waals surface area contributed by atoms with Crippen LogP contribution in [0.25, 0.3) is 11.3 Å². The average molecular weight is 470 g/mol. The van der Waals surface area contributed by atoms with Gasteiger partial charge in [-0.25, -0.2) is 0 Å². The first kappa shape index (κ1) is 24.0. The lowest BCUT2D eigenvalue weighted by Gasteiger charge is -2.51. The quantitative estimate of drug-likeness (QED) is 0.329. The average Bonchev–Trinajstić information content (AvgIpc) is 3.20. The maximum atomic E-state index is 6.41. The summed E-state index contributed by atoms with van der Waals surface area (Å²) in [5, 5.41) is 10.0. The Balaban J connectivity index is 1.79. The Kier molecular flexibility index (Phi) is 6.25. The number of nitrogens with zero attached hydrogens (tertiary/aromatic N) is 2. The van der Waals surface area contributed by atoms with Crippen LogP contribution in [0.2, 0.25) is 10.1 Å². The molecule has 176 valence electrons. The number of aromatic amines is 1. The second kappa shape index (κ2) is 8.88. The fraction of sp³-hybridized carbons (Fsp3) is 0.310. The van der Waals surface area contributed by atoms with Crippen molar-refractivity contribution in [2.24, 2.45) is 0 Å². The van der Waals surface area contributed by atoms with Crippen molar-refractivity contribution in [2.75, 3.05) is 0 Å². The fourth-order valence-electron chi connectivity index (χ4n) is 5.71. The van der Waals surface area contributed by atoms with Gasteiger partial charge in [0.1, 0.15) is 11.5 Å². The van der Waals surface area contributed by atoms with E-state index in [9.17, 15) is 0 Å². The molecule has 0 aliphatic heterocycles. The van der Waals surface area contributed by atoms with Gasteiger partial charge in [0.2, 0.25) is 0 Å². The summed E-state index contributed by atoms with van der Waals surface area (Å²) in [6, 6.07) is 25.1. The number of hydrogen-bond donors (Lipinski definition) is 1. The van der Waals surface area contributed by atoms with Crippen molar-refractivity contribution >= 4 is 18.6 Å². The molecule has 0 bridgehead atoms. The second-order valence-corrected chi connectivity index (χ2v) is 16.6. The van der Waals surface area contributed by atoms with Crippen molar-refractivity contribution in [1.82, 2.24) is 15.2 Å². The number of ether oxygens (including phenoxy) is 1. The smallest absolute Gasteiger partial charge is 0.151 e. The van der Waals surface area contributed by atoms with Gasteiger partial charge in [-0.05, 0) is 64.7 Å². The van der Waals surface area contributed by atoms with E-state index in [1.807, 2.05) is 49.5 Å². The van der Waals surface area contributed by atoms with E-state index in [4.69, 9.17) is 9.72 Å². The predicted octanol–water partition coefficient (Wildman–Crippen LogP) is 6.74. The van der Waals surface area contributed by atoms with Crippen molar-refractivity contribution in [3.63, 3.8) is 0 Å². The SMILES string of the molecule is Cc1cc(-c2cccc(Oc3cccc([Si](c4ccccn4)(C(C)(C)C)C(C)(C)C)c3)c2)n[nH]1. The maximum Gasteiger partial charge on any atom is 0.151 e. The summed E-state index contributed by atoms with van der Waals surface area (Å²) in [6.45, 7) is 16.2. The molecule has 34 heavy (non-hydrogen) atoms. The molecule has 0 amide bonds. The minimum Gasteiger partial charge on any atom is -0.457 e. The van der Waals surface area contributed by atoms with Crippen LogP contribution in [0.5, 0.6) is 11.5 Å². The lowest BCUT2D eigenvalue weighted by atomic mass is 10.1. The number of aromatic nitrogens is 3. The van der Waals surface area contributed by atoms with Crippen LogP contribution in [0.3, 0.4) is 0 Å². The summed E-state index contributed by atoms with van der Waals surface area (Å²) in [4.78, 5) is 4.93. The molecular formula is C29H35N3OSi. The van der Waals surface area contributed by atoms with Gasteiger partial charge >= 0.3 is 0 Å². The van der Waals surface area contributed by atoms with Gasteiger partial charge in [0.15, 0.2) is 8.07 Å². The highest BCUT2D eigenvalue weighted by atomic mass is 28.3. The molecule has 0 aliphatic rings. The number of benzene rings is 2. The van der Waals surface area contributed by atoms with E-state index in [0.29, 0.717) is 0 Å². The molecule has 0 unspecified atom stereocenters. The molecular weight excluding hydrogens is 434 g/mol. The van der Waals surface area contributed by atoms with Gasteiger partial charge in [0.25, 0.3) is 0 Å². The summed E-state index contributed by atoms with van der Waals surface area (Å²) >= 11 is 0. The predicted molar refractivity (Wildman–Crippen MR) is 144 cm³/mol. The van der Waals surface area contributed by atoms with Crippen molar-refractivity contribution < 1.29 is 4.74 Å². The highest BCUT2D eigenvalue weighted by Crippen LogP contribution is 2.50. The zero-order valence-corrected chi connectivity index (χ0v) is 22.3. The van der Waals surface area contributed by atoms with Crippen molar-refractivity contribution in [3.05, 3.63) is 84.7 Å². The first-order valence-corrected chi connectivity index (χ1v) is 13.8. The van der Waals surface area contributed by atoms with E-state index in [0.717, 1.165) is 28.5 Å². The van der Waals surface area contributed by atoms with Crippen LogP contribution in [0.4, 0.5) is 0 Å². The molecule has 0 atom stereocenters. The number of H-pyrrole nitrogens is 1. The summed E-state index contributed by atoms with van der Waals surface area (Å²) in [5.41, 5.74) is 2.98. The van der Waals surface area contributed by atoms with Crippen LogP contribution in [-0.4, -0.2) is 23.3 Å². The summed E-state index contributed by atoms with van der Waals surface area (Å²) in [5.74, 6) is 1.64. The second-order valence-electron chi connectivity index (χ2n) is 11.1. The van der Waals surface area contributed by atoms with E-state index in [2.05, 4.69) is 88.1 Å². The van der Waals surface area contributed by atoms with Crippen molar-refractivity contribution in [3.8, 4) is 22.8 Å². The van der Waals surface area contributed by atoms with Crippen molar-refractivity contribution in [2.45, 2.75) is 58.5 Å². The van der Waals surface area contributed by atoms with E-state index in [1.165, 1.54) is 10.5 Å². The minimum atomic E-state index is -2.37. The highest BCUT2D eigenvalue weighted by molar-refractivity contribution is 7.05. The Hall–Kier alpha value is -3.18. The molecule has 0 spiro atoms. The van der Waals surface area contributed by atoms with Gasteiger partial charge in [-0.2, -0.15) is 5.10 Å². The third-order valence-electron chi connectivity index (χ3n) is 6.64. The van der Waals surface area contributed by atoms with Crippen LogP contribution < -0.4 is 15.2 Å². The first-order chi connectivity index (χ1) is 16.0. The Bertz CT molecular complexity index is 1250. The van der Waals surface area contributed by atoms with Gasteiger partial charge in [-0.15, -0.1) is 0 Å². The van der Waals surface area contributed by atoms with E-state index < -0.39 is 8.07 Å². The lowest BCUT2D eigenvalue weighted by Crippen LogP contribution is -2.70. The van der Waals surface area contributed by atoms with Gasteiger partial charge in [0, 0.05) is 22.8 Å². The fourth-order valence-corrected chi connectivity index (χ4v) is 12.8. The molecule has 4 aromatic rings. The lowest BCUT2D eigenvalue weighted by molar-refractivity contribution is 0.483. The minimum absolute atomic E-state index is 0.0377. The molecule has 0 fully saturated rings. The molecule has 5 heteroatoms. The molecule has 2 heterocycles. The highest BCUT2D eigenvalue weighted by Gasteiger charge is 2.56. The number of aryl methyl sites for hydroxylation is 1. The molecule has 2 aromatic heterocycles. The molecule has 0 radical (unpaired) electrons. The first-order valence-electron chi connectivity index (χ1n) is 11.8.